The molecule has 0 fully saturated rings. The Bertz CT molecular complexity index is 702. The van der Waals surface area contributed by atoms with Gasteiger partial charge >= 0.3 is 0 Å². The molecule has 0 saturated carbocycles. The summed E-state index contributed by atoms with van der Waals surface area (Å²) in [6, 6.07) is 5.13. The molecule has 2 aromatic rings. The Morgan fingerprint density at radius 1 is 1.00 bits per heavy atom. The molecule has 0 aliphatic carbocycles. The lowest BCUT2D eigenvalue weighted by Gasteiger charge is -1.99. The van der Waals surface area contributed by atoms with E-state index in [1.165, 1.54) is 0 Å². The first-order valence-corrected chi connectivity index (χ1v) is 6.17. The minimum absolute atomic E-state index is 0.124. The summed E-state index contributed by atoms with van der Waals surface area (Å²) >= 11 is 0. The van der Waals surface area contributed by atoms with Gasteiger partial charge in [0.05, 0.1) is 16.2 Å². The maximum atomic E-state index is 9.71. The highest BCUT2D eigenvalue weighted by Crippen LogP contribution is 2.17. The van der Waals surface area contributed by atoms with Crippen molar-refractivity contribution in [2.24, 2.45) is 0 Å². The molecule has 0 aliphatic heterocycles. The highest BCUT2D eigenvalue weighted by atomic mass is 16.3. The second-order valence-electron chi connectivity index (χ2n) is 3.44. The maximum Gasteiger partial charge on any atom is 0.143 e. The monoisotopic (exact) mass is 254 g/mol. The number of phenols is 1. The number of allylic oxidation sites excluding steroid dienone is 2. The predicted octanol–water partition coefficient (Wildman–Crippen LogP) is 2.29. The van der Waals surface area contributed by atoms with Crippen molar-refractivity contribution in [1.29, 1.82) is 0 Å². The van der Waals surface area contributed by atoms with Crippen LogP contribution in [0, 0.1) is 0 Å². The van der Waals surface area contributed by atoms with Crippen LogP contribution in [0.25, 0.3) is 23.2 Å². The van der Waals surface area contributed by atoms with Crippen molar-refractivity contribution in [3.63, 3.8) is 0 Å². The fourth-order valence-corrected chi connectivity index (χ4v) is 1.56. The van der Waals surface area contributed by atoms with E-state index in [9.17, 15) is 5.11 Å². The summed E-state index contributed by atoms with van der Waals surface area (Å²) in [5.74, 6) is 0.124. The molecule has 1 aromatic heterocycles. The topological polar surface area (TPSA) is 46.0 Å². The lowest BCUT2D eigenvalue weighted by Crippen LogP contribution is -2.31. The molecule has 0 spiro atoms. The van der Waals surface area contributed by atoms with Crippen molar-refractivity contribution in [3.8, 4) is 5.75 Å². The molecule has 0 aliphatic rings. The van der Waals surface area contributed by atoms with E-state index >= 15 is 0 Å². The van der Waals surface area contributed by atoms with Crippen LogP contribution in [0.1, 0.15) is 13.8 Å². The first kappa shape index (κ1) is 14.6. The van der Waals surface area contributed by atoms with Crippen LogP contribution in [0.5, 0.6) is 5.75 Å². The third-order valence-corrected chi connectivity index (χ3v) is 2.28. The number of fused-ring (bicyclic) bond motifs is 1. The number of nitrogens with zero attached hydrogens (tertiary/aromatic N) is 2. The fourth-order valence-electron chi connectivity index (χ4n) is 1.56. The van der Waals surface area contributed by atoms with E-state index in [-0.39, 0.29) is 5.75 Å². The van der Waals surface area contributed by atoms with E-state index < -0.39 is 0 Å². The number of aromatic hydroxyl groups is 1. The van der Waals surface area contributed by atoms with E-state index in [2.05, 4.69) is 23.1 Å². The molecule has 3 heteroatoms. The van der Waals surface area contributed by atoms with Crippen LogP contribution in [-0.2, 0) is 0 Å². The number of aromatic nitrogens is 2. The van der Waals surface area contributed by atoms with Crippen molar-refractivity contribution in [2.75, 3.05) is 0 Å². The molecule has 1 N–H and O–H groups in total. The Balaban J connectivity index is 0.000000861. The lowest BCUT2D eigenvalue weighted by molar-refractivity contribution is 0.480. The molecule has 3 nitrogen and oxygen atoms in total. The van der Waals surface area contributed by atoms with Crippen LogP contribution in [0.2, 0.25) is 0 Å². The number of benzene rings is 1. The van der Waals surface area contributed by atoms with E-state index in [1.807, 2.05) is 13.8 Å². The van der Waals surface area contributed by atoms with Crippen LogP contribution in [-0.4, -0.2) is 15.1 Å². The third kappa shape index (κ3) is 3.28. The van der Waals surface area contributed by atoms with Crippen molar-refractivity contribution < 1.29 is 5.11 Å². The van der Waals surface area contributed by atoms with Crippen molar-refractivity contribution in [2.45, 2.75) is 13.8 Å². The molecule has 0 saturated heterocycles. The first-order chi connectivity index (χ1) is 9.26. The van der Waals surface area contributed by atoms with Gasteiger partial charge in [0.2, 0.25) is 0 Å². The van der Waals surface area contributed by atoms with Gasteiger partial charge in [-0.1, -0.05) is 45.2 Å². The van der Waals surface area contributed by atoms with Gasteiger partial charge in [-0.05, 0) is 24.3 Å². The van der Waals surface area contributed by atoms with Gasteiger partial charge in [-0.2, -0.15) is 0 Å². The van der Waals surface area contributed by atoms with Crippen molar-refractivity contribution >= 4 is 23.2 Å². The molecule has 1 aromatic carbocycles. The zero-order valence-corrected chi connectivity index (χ0v) is 11.3. The predicted molar refractivity (Wildman–Crippen MR) is 81.1 cm³/mol. The molecule has 98 valence electrons. The molecule has 0 radical (unpaired) electrons. The summed E-state index contributed by atoms with van der Waals surface area (Å²) < 4.78 is 0. The van der Waals surface area contributed by atoms with E-state index in [4.69, 9.17) is 0 Å². The summed E-state index contributed by atoms with van der Waals surface area (Å²) in [5.41, 5.74) is 1.14. The lowest BCUT2D eigenvalue weighted by atomic mass is 10.2. The summed E-state index contributed by atoms with van der Waals surface area (Å²) in [7, 11) is 0. The molecule has 2 rings (SSSR count). The number of para-hydroxylation sites is 1. The summed E-state index contributed by atoms with van der Waals surface area (Å²) in [5, 5.41) is 11.1. The Kier molecular flexibility index (Phi) is 5.48. The second-order valence-corrected chi connectivity index (χ2v) is 3.44. The Hall–Kier alpha value is -2.42. The maximum absolute atomic E-state index is 9.71. The number of rotatable bonds is 2. The smallest absolute Gasteiger partial charge is 0.143 e. The standard InChI is InChI=1S/C14H12N2O.C2H6/c1-3-6-10-11(7-4-2)16-14-12(15-10)8-5-9-13(14)17;1-2/h3-9,17H,1-2H2;1-2H3/b10-6+,11-7+;. The van der Waals surface area contributed by atoms with Crippen LogP contribution >= 0.6 is 0 Å². The van der Waals surface area contributed by atoms with E-state index in [0.29, 0.717) is 21.7 Å². The molecule has 0 atom stereocenters. The zero-order chi connectivity index (χ0) is 14.3. The van der Waals surface area contributed by atoms with Gasteiger partial charge in [-0.3, -0.25) is 0 Å². The molecule has 1 heterocycles. The Labute approximate surface area is 113 Å². The van der Waals surface area contributed by atoms with Crippen LogP contribution in [0.3, 0.4) is 0 Å². The molecular formula is C16H18N2O. The van der Waals surface area contributed by atoms with Gasteiger partial charge in [0, 0.05) is 0 Å². The van der Waals surface area contributed by atoms with Gasteiger partial charge in [0.25, 0.3) is 0 Å². The molecule has 0 amide bonds. The Morgan fingerprint density at radius 3 is 2.16 bits per heavy atom. The summed E-state index contributed by atoms with van der Waals surface area (Å²) in [6.45, 7) is 11.3. The van der Waals surface area contributed by atoms with E-state index in [1.54, 1.807) is 42.5 Å². The minimum atomic E-state index is 0.124. The average molecular weight is 254 g/mol. The SMILES string of the molecule is C=C/C=c1/nc2cccc(O)c2n/c1=C/C=C.CC. The Morgan fingerprint density at radius 2 is 1.58 bits per heavy atom. The largest absolute Gasteiger partial charge is 0.506 e. The fraction of sp³-hybridized carbons (Fsp3) is 0.125. The number of hydrogen-bond donors (Lipinski definition) is 1. The van der Waals surface area contributed by atoms with Gasteiger partial charge < -0.3 is 5.11 Å². The molecule has 19 heavy (non-hydrogen) atoms. The first-order valence-electron chi connectivity index (χ1n) is 6.17. The summed E-state index contributed by atoms with van der Waals surface area (Å²) in [6.07, 6.45) is 6.80. The van der Waals surface area contributed by atoms with Gasteiger partial charge in [0.15, 0.2) is 0 Å². The highest BCUT2D eigenvalue weighted by molar-refractivity contribution is 5.80. The second kappa shape index (κ2) is 7.11. The van der Waals surface area contributed by atoms with Crippen molar-refractivity contribution in [1.82, 2.24) is 9.97 Å². The number of phenolic OH excluding ortho intramolecular Hbond substituents is 1. The third-order valence-electron chi connectivity index (χ3n) is 2.28. The molecular weight excluding hydrogens is 236 g/mol. The van der Waals surface area contributed by atoms with Crippen LogP contribution in [0.4, 0.5) is 0 Å². The molecule has 0 bridgehead atoms. The van der Waals surface area contributed by atoms with Gasteiger partial charge in [0.1, 0.15) is 11.3 Å². The normalized spacial score (nSPS) is 11.9. The average Bonchev–Trinajstić information content (AvgIpc) is 2.43. The molecule has 0 unspecified atom stereocenters. The summed E-state index contributed by atoms with van der Waals surface area (Å²) in [4.78, 5) is 8.78. The minimum Gasteiger partial charge on any atom is -0.506 e. The highest BCUT2D eigenvalue weighted by Gasteiger charge is 2.01. The van der Waals surface area contributed by atoms with Crippen molar-refractivity contribution in [3.05, 3.63) is 54.2 Å². The van der Waals surface area contributed by atoms with Gasteiger partial charge in [-0.15, -0.1) is 0 Å². The van der Waals surface area contributed by atoms with E-state index in [0.717, 1.165) is 0 Å². The van der Waals surface area contributed by atoms with Gasteiger partial charge in [-0.25, -0.2) is 9.97 Å². The quantitative estimate of drug-likeness (QED) is 0.894. The number of hydrogen-bond acceptors (Lipinski definition) is 3. The van der Waals surface area contributed by atoms with Crippen LogP contribution in [0.15, 0.2) is 43.5 Å². The zero-order valence-electron chi connectivity index (χ0n) is 11.3. The van der Waals surface area contributed by atoms with Crippen LogP contribution < -0.4 is 10.7 Å².